The van der Waals surface area contributed by atoms with Gasteiger partial charge in [-0.1, -0.05) is 25.1 Å². The van der Waals surface area contributed by atoms with Crippen molar-refractivity contribution in [2.45, 2.75) is 16.7 Å². The fourth-order valence-corrected chi connectivity index (χ4v) is 4.44. The minimum Gasteiger partial charge on any atom is -0.478 e. The lowest BCUT2D eigenvalue weighted by molar-refractivity contribution is -0.131. The van der Waals surface area contributed by atoms with E-state index < -0.39 is 5.97 Å². The van der Waals surface area contributed by atoms with Crippen LogP contribution in [0.3, 0.4) is 0 Å². The first-order valence-electron chi connectivity index (χ1n) is 8.32. The summed E-state index contributed by atoms with van der Waals surface area (Å²) in [6.45, 7) is 3.22. The van der Waals surface area contributed by atoms with Crippen molar-refractivity contribution in [3.63, 3.8) is 0 Å². The molecule has 4 nitrogen and oxygen atoms in total. The highest BCUT2D eigenvalue weighted by Gasteiger charge is 2.23. The van der Waals surface area contributed by atoms with Crippen LogP contribution < -0.4 is 9.64 Å². The van der Waals surface area contributed by atoms with Crippen LogP contribution in [0.25, 0.3) is 0 Å². The van der Waals surface area contributed by atoms with E-state index in [2.05, 4.69) is 42.2 Å². The van der Waals surface area contributed by atoms with E-state index in [1.54, 1.807) is 11.8 Å². The van der Waals surface area contributed by atoms with Gasteiger partial charge in [0.2, 0.25) is 0 Å². The third kappa shape index (κ3) is 4.37. The average molecular weight is 388 g/mol. The van der Waals surface area contributed by atoms with Gasteiger partial charge in [-0.05, 0) is 36.4 Å². The van der Waals surface area contributed by atoms with E-state index in [9.17, 15) is 4.79 Å². The Labute approximate surface area is 162 Å². The van der Waals surface area contributed by atoms with Crippen molar-refractivity contribution in [2.75, 3.05) is 23.5 Å². The molecule has 1 heterocycles. The third-order valence-corrected chi connectivity index (χ3v) is 6.16. The Morgan fingerprint density at radius 2 is 2.12 bits per heavy atom. The van der Waals surface area contributed by atoms with Crippen molar-refractivity contribution in [3.05, 3.63) is 54.8 Å². The number of fused-ring (bicyclic) bond motifs is 1. The van der Waals surface area contributed by atoms with Crippen molar-refractivity contribution < 1.29 is 14.6 Å². The van der Waals surface area contributed by atoms with Crippen molar-refractivity contribution >= 4 is 40.9 Å². The summed E-state index contributed by atoms with van der Waals surface area (Å²) in [5.41, 5.74) is 2.35. The van der Waals surface area contributed by atoms with E-state index in [1.165, 1.54) is 17.6 Å². The van der Waals surface area contributed by atoms with Crippen LogP contribution in [0.2, 0.25) is 0 Å². The molecule has 0 saturated carbocycles. The van der Waals surface area contributed by atoms with Crippen LogP contribution in [-0.2, 0) is 4.79 Å². The van der Waals surface area contributed by atoms with Crippen molar-refractivity contribution in [1.82, 2.24) is 0 Å². The van der Waals surface area contributed by atoms with Crippen molar-refractivity contribution in [1.29, 1.82) is 0 Å². The molecule has 0 amide bonds. The minimum atomic E-state index is -1.02. The topological polar surface area (TPSA) is 49.8 Å². The Balaban J connectivity index is 2.03. The molecule has 0 bridgehead atoms. The zero-order valence-corrected chi connectivity index (χ0v) is 16.3. The zero-order chi connectivity index (χ0) is 18.5. The van der Waals surface area contributed by atoms with Gasteiger partial charge in [-0.25, -0.2) is 4.79 Å². The van der Waals surface area contributed by atoms with E-state index in [4.69, 9.17) is 9.84 Å². The normalized spacial score (nSPS) is 17.0. The van der Waals surface area contributed by atoms with Crippen LogP contribution in [0.1, 0.15) is 6.92 Å². The van der Waals surface area contributed by atoms with Gasteiger partial charge in [0.05, 0.1) is 22.9 Å². The summed E-state index contributed by atoms with van der Waals surface area (Å²) < 4.78 is 5.60. The summed E-state index contributed by atoms with van der Waals surface area (Å²) in [5, 5.41) is 8.75. The Bertz CT molecular complexity index is 808. The fraction of sp³-hybridized carbons (Fsp3) is 0.250. The molecule has 1 aliphatic heterocycles. The molecule has 0 aliphatic carbocycles. The van der Waals surface area contributed by atoms with Crippen LogP contribution >= 0.6 is 23.5 Å². The number of rotatable bonds is 5. The lowest BCUT2D eigenvalue weighted by Crippen LogP contribution is -2.23. The van der Waals surface area contributed by atoms with E-state index in [-0.39, 0.29) is 0 Å². The average Bonchev–Trinajstić information content (AvgIpc) is 2.80. The third-order valence-electron chi connectivity index (χ3n) is 4.03. The van der Waals surface area contributed by atoms with Crippen LogP contribution in [0.4, 0.5) is 11.4 Å². The van der Waals surface area contributed by atoms with Gasteiger partial charge in [0.1, 0.15) is 5.75 Å². The molecular formula is C20H21NO3S2. The Kier molecular flexibility index (Phi) is 6.16. The molecule has 26 heavy (non-hydrogen) atoms. The molecule has 1 N–H and O–H groups in total. The molecule has 0 aromatic heterocycles. The van der Waals surface area contributed by atoms with Gasteiger partial charge in [0.15, 0.2) is 0 Å². The first-order valence-corrected chi connectivity index (χ1v) is 10.5. The first kappa shape index (κ1) is 18.7. The van der Waals surface area contributed by atoms with Crippen LogP contribution in [-0.4, -0.2) is 29.6 Å². The number of carboxylic acid groups (broad SMARTS) is 1. The zero-order valence-electron chi connectivity index (χ0n) is 14.7. The lowest BCUT2D eigenvalue weighted by Gasteiger charge is -2.27. The molecule has 0 fully saturated rings. The van der Waals surface area contributed by atoms with Gasteiger partial charge in [-0.15, -0.1) is 23.5 Å². The van der Waals surface area contributed by atoms with Crippen LogP contribution in [0, 0.1) is 5.92 Å². The molecule has 3 rings (SSSR count). The van der Waals surface area contributed by atoms with Gasteiger partial charge in [0, 0.05) is 22.9 Å². The van der Waals surface area contributed by atoms with Gasteiger partial charge in [-0.2, -0.15) is 0 Å². The maximum absolute atomic E-state index is 10.7. The number of hydrogen-bond acceptors (Lipinski definition) is 5. The molecule has 6 heteroatoms. The molecule has 2 aromatic rings. The second kappa shape index (κ2) is 8.56. The monoisotopic (exact) mass is 387 g/mol. The number of thioether (sulfide) groups is 2. The summed E-state index contributed by atoms with van der Waals surface area (Å²) in [7, 11) is 0. The second-order valence-electron chi connectivity index (χ2n) is 6.09. The summed E-state index contributed by atoms with van der Waals surface area (Å²) in [5.74, 6) is 1.23. The highest BCUT2D eigenvalue weighted by Crippen LogP contribution is 2.44. The number of nitrogens with zero attached hydrogens (tertiary/aromatic N) is 1. The van der Waals surface area contributed by atoms with Crippen molar-refractivity contribution in [3.8, 4) is 5.75 Å². The predicted molar refractivity (Wildman–Crippen MR) is 109 cm³/mol. The number of hydrogen-bond donors (Lipinski definition) is 1. The number of aliphatic carboxylic acids is 1. The second-order valence-corrected chi connectivity index (χ2v) is 8.00. The van der Waals surface area contributed by atoms with Crippen molar-refractivity contribution in [2.24, 2.45) is 5.92 Å². The molecular weight excluding hydrogens is 366 g/mol. The van der Waals surface area contributed by atoms with E-state index in [1.807, 2.05) is 30.2 Å². The van der Waals surface area contributed by atoms with Gasteiger partial charge < -0.3 is 14.7 Å². The molecule has 1 unspecified atom stereocenters. The Morgan fingerprint density at radius 3 is 2.81 bits per heavy atom. The Morgan fingerprint density at radius 1 is 1.35 bits per heavy atom. The minimum absolute atomic E-state index is 0.543. The highest BCUT2D eigenvalue weighted by molar-refractivity contribution is 7.99. The largest absolute Gasteiger partial charge is 0.478 e. The van der Waals surface area contributed by atoms with E-state index >= 15 is 0 Å². The first-order chi connectivity index (χ1) is 12.6. The molecule has 0 spiro atoms. The van der Waals surface area contributed by atoms with Crippen LogP contribution in [0.15, 0.2) is 64.6 Å². The fourth-order valence-electron chi connectivity index (χ4n) is 2.82. The van der Waals surface area contributed by atoms with Gasteiger partial charge in [-0.3, -0.25) is 0 Å². The van der Waals surface area contributed by atoms with Crippen LogP contribution in [0.5, 0.6) is 5.75 Å². The SMILES string of the molecule is CSc1cc2c(cc1O/C=C/C(=O)O)SCC(C)CN2c1ccccc1. The molecule has 136 valence electrons. The summed E-state index contributed by atoms with van der Waals surface area (Å²) in [4.78, 5) is 15.2. The number of para-hydroxylation sites is 1. The molecule has 2 aromatic carbocycles. The molecule has 0 saturated heterocycles. The summed E-state index contributed by atoms with van der Waals surface area (Å²) >= 11 is 3.41. The molecule has 0 radical (unpaired) electrons. The maximum atomic E-state index is 10.7. The quantitative estimate of drug-likeness (QED) is 0.429. The number of carbonyl (C=O) groups is 1. The predicted octanol–water partition coefficient (Wildman–Crippen LogP) is 5.27. The standard InChI is InChI=1S/C20H21NO3S2/c1-14-12-21(15-6-4-3-5-7-15)16-10-19(25-2)17(11-18(16)26-13-14)24-9-8-20(22)23/h3-11,14H,12-13H2,1-2H3,(H,22,23)/b9-8+. The molecule has 1 aliphatic rings. The van der Waals surface area contributed by atoms with E-state index in [0.29, 0.717) is 11.7 Å². The number of carboxylic acids is 1. The summed E-state index contributed by atoms with van der Waals surface area (Å²) in [6.07, 6.45) is 4.22. The number of benzene rings is 2. The van der Waals surface area contributed by atoms with Gasteiger partial charge >= 0.3 is 5.97 Å². The smallest absolute Gasteiger partial charge is 0.331 e. The maximum Gasteiger partial charge on any atom is 0.331 e. The number of ether oxygens (including phenoxy) is 1. The highest BCUT2D eigenvalue weighted by atomic mass is 32.2. The Hall–Kier alpha value is -2.05. The van der Waals surface area contributed by atoms with Gasteiger partial charge in [0.25, 0.3) is 0 Å². The number of anilines is 2. The molecule has 1 atom stereocenters. The lowest BCUT2D eigenvalue weighted by atomic mass is 10.1. The van der Waals surface area contributed by atoms with E-state index in [0.717, 1.165) is 28.2 Å². The summed E-state index contributed by atoms with van der Waals surface area (Å²) in [6, 6.07) is 14.6.